The molecule has 1 aliphatic carbocycles. The zero-order chi connectivity index (χ0) is 10.4. The van der Waals surface area contributed by atoms with Crippen LogP contribution < -0.4 is 0 Å². The second-order valence-electron chi connectivity index (χ2n) is 4.48. The molecule has 3 rings (SSSR count). The first kappa shape index (κ1) is 8.78. The van der Waals surface area contributed by atoms with Gasteiger partial charge in [0, 0.05) is 16.6 Å². The molecule has 1 aromatic carbocycles. The molecule has 0 atom stereocenters. The Hall–Kier alpha value is -1.50. The summed E-state index contributed by atoms with van der Waals surface area (Å²) in [6.45, 7) is 6.29. The summed E-state index contributed by atoms with van der Waals surface area (Å²) in [5.74, 6) is 0. The van der Waals surface area contributed by atoms with Crippen molar-refractivity contribution in [3.05, 3.63) is 41.6 Å². The summed E-state index contributed by atoms with van der Waals surface area (Å²) in [5, 5.41) is 1.39. The van der Waals surface area contributed by atoms with Gasteiger partial charge in [0.05, 0.1) is 0 Å². The lowest BCUT2D eigenvalue weighted by Gasteiger charge is -2.13. The molecule has 0 radical (unpaired) electrons. The van der Waals surface area contributed by atoms with Crippen molar-refractivity contribution in [2.24, 2.45) is 0 Å². The first-order valence-corrected chi connectivity index (χ1v) is 5.55. The van der Waals surface area contributed by atoms with Crippen LogP contribution in [0.5, 0.6) is 0 Å². The SMILES string of the molecule is C=C1CCCc2c1[nH]c1ccc(C)cc21. The Labute approximate surface area is 89.8 Å². The number of aryl methyl sites for hydroxylation is 2. The minimum absolute atomic E-state index is 1.14. The van der Waals surface area contributed by atoms with Crippen molar-refractivity contribution in [1.82, 2.24) is 4.98 Å². The van der Waals surface area contributed by atoms with Crippen LogP contribution in [-0.2, 0) is 6.42 Å². The van der Waals surface area contributed by atoms with E-state index < -0.39 is 0 Å². The number of hydrogen-bond donors (Lipinski definition) is 1. The number of nitrogens with one attached hydrogen (secondary N) is 1. The number of rotatable bonds is 0. The smallest absolute Gasteiger partial charge is 0.0461 e. The molecule has 1 aromatic heterocycles. The quantitative estimate of drug-likeness (QED) is 0.660. The summed E-state index contributed by atoms with van der Waals surface area (Å²) in [7, 11) is 0. The van der Waals surface area contributed by atoms with Crippen LogP contribution in [-0.4, -0.2) is 4.98 Å². The van der Waals surface area contributed by atoms with Gasteiger partial charge >= 0.3 is 0 Å². The molecule has 1 heteroatoms. The third-order valence-corrected chi connectivity index (χ3v) is 3.32. The Bertz CT molecular complexity index is 546. The van der Waals surface area contributed by atoms with E-state index in [1.807, 2.05) is 0 Å². The Morgan fingerprint density at radius 3 is 3.00 bits per heavy atom. The number of H-pyrrole nitrogens is 1. The minimum Gasteiger partial charge on any atom is -0.355 e. The molecular formula is C14H15N. The fourth-order valence-electron chi connectivity index (χ4n) is 2.53. The Balaban J connectivity index is 2.36. The highest BCUT2D eigenvalue weighted by atomic mass is 14.7. The first-order chi connectivity index (χ1) is 7.25. The van der Waals surface area contributed by atoms with Crippen LogP contribution in [0.4, 0.5) is 0 Å². The van der Waals surface area contributed by atoms with Crippen LogP contribution in [0.3, 0.4) is 0 Å². The molecule has 1 aliphatic rings. The lowest BCUT2D eigenvalue weighted by atomic mass is 9.92. The van der Waals surface area contributed by atoms with E-state index in [0.717, 1.165) is 6.42 Å². The molecule has 2 aromatic rings. The standard InChI is InChI=1S/C14H15N/c1-9-6-7-13-12(8-9)11-5-3-4-10(2)14(11)15-13/h6-8,15H,2-5H2,1H3. The molecule has 0 saturated heterocycles. The Kier molecular flexibility index (Phi) is 1.75. The lowest BCUT2D eigenvalue weighted by Crippen LogP contribution is -1.98. The maximum atomic E-state index is 4.14. The Morgan fingerprint density at radius 1 is 1.27 bits per heavy atom. The van der Waals surface area contributed by atoms with Crippen LogP contribution in [0.1, 0.15) is 29.7 Å². The highest BCUT2D eigenvalue weighted by Crippen LogP contribution is 2.34. The van der Waals surface area contributed by atoms with E-state index in [1.165, 1.54) is 46.1 Å². The second-order valence-corrected chi connectivity index (χ2v) is 4.48. The largest absolute Gasteiger partial charge is 0.355 e. The summed E-state index contributed by atoms with van der Waals surface area (Å²) in [5.41, 5.74) is 6.63. The van der Waals surface area contributed by atoms with Crippen molar-refractivity contribution in [1.29, 1.82) is 0 Å². The molecule has 0 bridgehead atoms. The van der Waals surface area contributed by atoms with Crippen LogP contribution in [0, 0.1) is 6.92 Å². The molecule has 0 spiro atoms. The van der Waals surface area contributed by atoms with Crippen molar-refractivity contribution in [3.8, 4) is 0 Å². The van der Waals surface area contributed by atoms with E-state index in [4.69, 9.17) is 0 Å². The fraction of sp³-hybridized carbons (Fsp3) is 0.286. The maximum Gasteiger partial charge on any atom is 0.0461 e. The van der Waals surface area contributed by atoms with Gasteiger partial charge in [-0.1, -0.05) is 18.2 Å². The average Bonchev–Trinajstić information content (AvgIpc) is 2.58. The number of aromatic amines is 1. The molecule has 76 valence electrons. The van der Waals surface area contributed by atoms with Crippen molar-refractivity contribution >= 4 is 16.5 Å². The van der Waals surface area contributed by atoms with Crippen LogP contribution in [0.2, 0.25) is 0 Å². The first-order valence-electron chi connectivity index (χ1n) is 5.55. The van der Waals surface area contributed by atoms with E-state index in [2.05, 4.69) is 36.7 Å². The third-order valence-electron chi connectivity index (χ3n) is 3.32. The van der Waals surface area contributed by atoms with Crippen LogP contribution >= 0.6 is 0 Å². The average molecular weight is 197 g/mol. The van der Waals surface area contributed by atoms with Gasteiger partial charge in [-0.3, -0.25) is 0 Å². The van der Waals surface area contributed by atoms with Crippen LogP contribution in [0.15, 0.2) is 24.8 Å². The van der Waals surface area contributed by atoms with Gasteiger partial charge in [0.2, 0.25) is 0 Å². The Morgan fingerprint density at radius 2 is 2.13 bits per heavy atom. The monoisotopic (exact) mass is 197 g/mol. The maximum absolute atomic E-state index is 4.14. The van der Waals surface area contributed by atoms with Gasteiger partial charge in [-0.2, -0.15) is 0 Å². The summed E-state index contributed by atoms with van der Waals surface area (Å²) in [4.78, 5) is 3.49. The zero-order valence-corrected chi connectivity index (χ0v) is 9.06. The van der Waals surface area contributed by atoms with E-state index >= 15 is 0 Å². The van der Waals surface area contributed by atoms with Gasteiger partial charge in [0.1, 0.15) is 0 Å². The third kappa shape index (κ3) is 1.23. The number of hydrogen-bond acceptors (Lipinski definition) is 0. The lowest BCUT2D eigenvalue weighted by molar-refractivity contribution is 0.825. The van der Waals surface area contributed by atoms with Crippen molar-refractivity contribution in [2.75, 3.05) is 0 Å². The van der Waals surface area contributed by atoms with Crippen molar-refractivity contribution in [3.63, 3.8) is 0 Å². The molecule has 1 heterocycles. The number of allylic oxidation sites excluding steroid dienone is 1. The van der Waals surface area contributed by atoms with Gasteiger partial charge < -0.3 is 4.98 Å². The van der Waals surface area contributed by atoms with Gasteiger partial charge in [0.15, 0.2) is 0 Å². The predicted molar refractivity (Wildman–Crippen MR) is 65.0 cm³/mol. The molecule has 15 heavy (non-hydrogen) atoms. The topological polar surface area (TPSA) is 15.8 Å². The van der Waals surface area contributed by atoms with Crippen molar-refractivity contribution in [2.45, 2.75) is 26.2 Å². The highest BCUT2D eigenvalue weighted by molar-refractivity contribution is 5.90. The predicted octanol–water partition coefficient (Wildman–Crippen LogP) is 3.83. The van der Waals surface area contributed by atoms with Gasteiger partial charge in [0.25, 0.3) is 0 Å². The van der Waals surface area contributed by atoms with Gasteiger partial charge in [-0.05, 0) is 49.5 Å². The van der Waals surface area contributed by atoms with Crippen molar-refractivity contribution < 1.29 is 0 Å². The number of aromatic nitrogens is 1. The molecule has 0 amide bonds. The fourth-order valence-corrected chi connectivity index (χ4v) is 2.53. The number of fused-ring (bicyclic) bond motifs is 3. The normalized spacial score (nSPS) is 15.7. The molecule has 0 saturated carbocycles. The summed E-state index contributed by atoms with van der Waals surface area (Å²) in [6.07, 6.45) is 3.57. The molecule has 1 N–H and O–H groups in total. The van der Waals surface area contributed by atoms with Gasteiger partial charge in [-0.25, -0.2) is 0 Å². The molecular weight excluding hydrogens is 182 g/mol. The number of benzene rings is 1. The minimum atomic E-state index is 1.14. The summed E-state index contributed by atoms with van der Waals surface area (Å²) < 4.78 is 0. The zero-order valence-electron chi connectivity index (χ0n) is 9.06. The molecule has 0 fully saturated rings. The highest BCUT2D eigenvalue weighted by Gasteiger charge is 2.17. The van der Waals surface area contributed by atoms with E-state index in [1.54, 1.807) is 0 Å². The second kappa shape index (κ2) is 2.99. The summed E-state index contributed by atoms with van der Waals surface area (Å²) in [6, 6.07) is 6.62. The molecule has 0 unspecified atom stereocenters. The van der Waals surface area contributed by atoms with E-state index in [0.29, 0.717) is 0 Å². The van der Waals surface area contributed by atoms with E-state index in [-0.39, 0.29) is 0 Å². The molecule has 0 aliphatic heterocycles. The summed E-state index contributed by atoms with van der Waals surface area (Å²) >= 11 is 0. The van der Waals surface area contributed by atoms with Gasteiger partial charge in [-0.15, -0.1) is 0 Å². The molecule has 1 nitrogen and oxygen atoms in total. The van der Waals surface area contributed by atoms with E-state index in [9.17, 15) is 0 Å². The van der Waals surface area contributed by atoms with Crippen LogP contribution in [0.25, 0.3) is 16.5 Å².